The predicted molar refractivity (Wildman–Crippen MR) is 45.4 cm³/mol. The zero-order chi connectivity index (χ0) is 11.9. The molecule has 0 aromatic heterocycles. The van der Waals surface area contributed by atoms with Crippen LogP contribution in [0.5, 0.6) is 0 Å². The summed E-state index contributed by atoms with van der Waals surface area (Å²) < 4.78 is 75.3. The highest BCUT2D eigenvalue weighted by molar-refractivity contribution is 8.77. The molecule has 1 unspecified atom stereocenters. The number of halogens is 6. The summed E-state index contributed by atoms with van der Waals surface area (Å²) in [5, 5.41) is 0. The van der Waals surface area contributed by atoms with Gasteiger partial charge in [-0.25, -0.2) is 0 Å². The smallest absolute Gasteiger partial charge is 0.370 e. The van der Waals surface area contributed by atoms with Crippen LogP contribution in [0.3, 0.4) is 0 Å². The molecule has 1 saturated heterocycles. The van der Waals surface area contributed by atoms with Gasteiger partial charge in [0, 0.05) is 13.5 Å². The average Bonchev–Trinajstić information content (AvgIpc) is 2.45. The Morgan fingerprint density at radius 3 is 1.80 bits per heavy atom. The standard InChI is InChI=1S/C6H6F6OS2/c1-13-3-2-4(15-14-3,5(7,8)9)6(10,11)12/h3H,2H2,1H3. The Bertz CT molecular complexity index is 223. The second-order valence-corrected chi connectivity index (χ2v) is 5.53. The molecule has 0 aliphatic carbocycles. The van der Waals surface area contributed by atoms with Crippen molar-refractivity contribution in [1.82, 2.24) is 0 Å². The van der Waals surface area contributed by atoms with Gasteiger partial charge in [0.25, 0.3) is 0 Å². The van der Waals surface area contributed by atoms with Crippen LogP contribution in [0, 0.1) is 0 Å². The summed E-state index contributed by atoms with van der Waals surface area (Å²) in [7, 11) is 1.32. The first-order valence-corrected chi connectivity index (χ1v) is 5.86. The van der Waals surface area contributed by atoms with E-state index in [1.807, 2.05) is 0 Å². The van der Waals surface area contributed by atoms with E-state index in [4.69, 9.17) is 0 Å². The van der Waals surface area contributed by atoms with E-state index in [-0.39, 0.29) is 10.8 Å². The van der Waals surface area contributed by atoms with Gasteiger partial charge in [0.05, 0.1) is 0 Å². The molecule has 0 saturated carbocycles. The Hall–Kier alpha value is 0.240. The molecule has 0 aromatic rings. The molecule has 1 rings (SSSR count). The van der Waals surface area contributed by atoms with Crippen molar-refractivity contribution in [3.63, 3.8) is 0 Å². The number of rotatable bonds is 1. The fraction of sp³-hybridized carbons (Fsp3) is 1.00. The Kier molecular flexibility index (Phi) is 3.48. The average molecular weight is 272 g/mol. The van der Waals surface area contributed by atoms with Crippen LogP contribution >= 0.6 is 21.6 Å². The Balaban J connectivity index is 3.01. The van der Waals surface area contributed by atoms with Crippen molar-refractivity contribution in [2.24, 2.45) is 0 Å². The molecule has 1 atom stereocenters. The van der Waals surface area contributed by atoms with E-state index >= 15 is 0 Å². The van der Waals surface area contributed by atoms with Gasteiger partial charge in [0.15, 0.2) is 0 Å². The molecule has 9 heteroatoms. The quantitative estimate of drug-likeness (QED) is 0.533. The third-order valence-electron chi connectivity index (χ3n) is 1.93. The minimum Gasteiger partial charge on any atom is -0.370 e. The molecular formula is C6H6F6OS2. The van der Waals surface area contributed by atoms with E-state index in [0.29, 0.717) is 10.8 Å². The summed E-state index contributed by atoms with van der Waals surface area (Å²) in [6, 6.07) is 0. The summed E-state index contributed by atoms with van der Waals surface area (Å²) in [5.41, 5.74) is -1.08. The molecule has 0 spiro atoms. The highest BCUT2D eigenvalue weighted by atomic mass is 33.1. The second kappa shape index (κ2) is 3.92. The molecule has 1 heterocycles. The molecule has 0 radical (unpaired) electrons. The highest BCUT2D eigenvalue weighted by Crippen LogP contribution is 2.64. The van der Waals surface area contributed by atoms with Gasteiger partial charge in [-0.15, -0.1) is 0 Å². The lowest BCUT2D eigenvalue weighted by molar-refractivity contribution is -0.267. The van der Waals surface area contributed by atoms with Crippen molar-refractivity contribution in [1.29, 1.82) is 0 Å². The van der Waals surface area contributed by atoms with Crippen LogP contribution in [-0.4, -0.2) is 29.6 Å². The summed E-state index contributed by atoms with van der Waals surface area (Å²) in [5.74, 6) is 0. The molecule has 0 amide bonds. The summed E-state index contributed by atoms with van der Waals surface area (Å²) in [6.07, 6.45) is -11.8. The molecule has 1 aliphatic heterocycles. The molecule has 1 fully saturated rings. The van der Waals surface area contributed by atoms with Crippen molar-refractivity contribution in [3.05, 3.63) is 0 Å². The first-order valence-electron chi connectivity index (χ1n) is 3.65. The molecule has 90 valence electrons. The third-order valence-corrected chi connectivity index (χ3v) is 5.30. The largest absolute Gasteiger partial charge is 0.413 e. The first kappa shape index (κ1) is 13.3. The van der Waals surface area contributed by atoms with Gasteiger partial charge in [-0.1, -0.05) is 21.6 Å². The van der Waals surface area contributed by atoms with Crippen molar-refractivity contribution in [2.45, 2.75) is 29.0 Å². The molecule has 15 heavy (non-hydrogen) atoms. The van der Waals surface area contributed by atoms with Gasteiger partial charge in [-0.05, 0) is 0 Å². The number of hydrogen-bond acceptors (Lipinski definition) is 3. The zero-order valence-electron chi connectivity index (χ0n) is 7.28. The maximum Gasteiger partial charge on any atom is 0.413 e. The normalized spacial score (nSPS) is 27.0. The van der Waals surface area contributed by atoms with E-state index in [0.717, 1.165) is 7.11 Å². The SMILES string of the molecule is COC1CC(C(F)(F)F)(C(F)(F)F)SS1. The number of alkyl halides is 6. The van der Waals surface area contributed by atoms with Gasteiger partial charge in [-0.3, -0.25) is 0 Å². The van der Waals surface area contributed by atoms with Crippen molar-refractivity contribution in [3.8, 4) is 0 Å². The predicted octanol–water partition coefficient (Wildman–Crippen LogP) is 3.61. The van der Waals surface area contributed by atoms with Gasteiger partial charge in [-0.2, -0.15) is 26.3 Å². The molecule has 0 N–H and O–H groups in total. The zero-order valence-corrected chi connectivity index (χ0v) is 8.91. The van der Waals surface area contributed by atoms with E-state index in [2.05, 4.69) is 4.74 Å². The molecule has 1 nitrogen and oxygen atoms in total. The fourth-order valence-corrected chi connectivity index (χ4v) is 4.26. The minimum absolute atomic E-state index is 0.222. The fourth-order valence-electron chi connectivity index (χ4n) is 1.05. The lowest BCUT2D eigenvalue weighted by atomic mass is 10.0. The lowest BCUT2D eigenvalue weighted by Gasteiger charge is -2.31. The van der Waals surface area contributed by atoms with E-state index in [1.54, 1.807) is 0 Å². The summed E-state index contributed by atoms with van der Waals surface area (Å²) >= 11 is 0. The molecule has 0 bridgehead atoms. The monoisotopic (exact) mass is 272 g/mol. The molecule has 0 aromatic carbocycles. The van der Waals surface area contributed by atoms with E-state index < -0.39 is 29.0 Å². The topological polar surface area (TPSA) is 9.23 Å². The van der Waals surface area contributed by atoms with E-state index in [1.165, 1.54) is 0 Å². The van der Waals surface area contributed by atoms with Crippen molar-refractivity contribution >= 4 is 21.6 Å². The Morgan fingerprint density at radius 1 is 1.13 bits per heavy atom. The van der Waals surface area contributed by atoms with Gasteiger partial charge >= 0.3 is 12.4 Å². The first-order chi connectivity index (χ1) is 6.64. The van der Waals surface area contributed by atoms with Crippen molar-refractivity contribution < 1.29 is 31.1 Å². The Labute approximate surface area is 89.3 Å². The van der Waals surface area contributed by atoms with Crippen LogP contribution in [0.25, 0.3) is 0 Å². The summed E-state index contributed by atoms with van der Waals surface area (Å²) in [4.78, 5) is 0. The Morgan fingerprint density at radius 2 is 1.60 bits per heavy atom. The van der Waals surface area contributed by atoms with Crippen LogP contribution in [0.1, 0.15) is 6.42 Å². The maximum atomic E-state index is 12.4. The van der Waals surface area contributed by atoms with E-state index in [9.17, 15) is 26.3 Å². The van der Waals surface area contributed by atoms with Crippen LogP contribution in [0.4, 0.5) is 26.3 Å². The van der Waals surface area contributed by atoms with Crippen LogP contribution in [-0.2, 0) is 4.74 Å². The highest BCUT2D eigenvalue weighted by Gasteiger charge is 2.74. The third kappa shape index (κ3) is 2.19. The van der Waals surface area contributed by atoms with Crippen molar-refractivity contribution in [2.75, 3.05) is 7.11 Å². The number of ether oxygens (including phenoxy) is 1. The second-order valence-electron chi connectivity index (χ2n) is 2.87. The van der Waals surface area contributed by atoms with Gasteiger partial charge in [0.1, 0.15) is 5.44 Å². The minimum atomic E-state index is -5.32. The van der Waals surface area contributed by atoms with Crippen LogP contribution < -0.4 is 0 Å². The number of hydrogen-bond donors (Lipinski definition) is 0. The van der Waals surface area contributed by atoms with Crippen LogP contribution in [0.15, 0.2) is 0 Å². The molecular weight excluding hydrogens is 266 g/mol. The number of methoxy groups -OCH3 is 1. The van der Waals surface area contributed by atoms with Gasteiger partial charge < -0.3 is 4.74 Å². The van der Waals surface area contributed by atoms with Gasteiger partial charge in [0.2, 0.25) is 4.75 Å². The maximum absolute atomic E-state index is 12.4. The molecule has 1 aliphatic rings. The lowest BCUT2D eigenvalue weighted by Crippen LogP contribution is -2.53. The summed E-state index contributed by atoms with van der Waals surface area (Å²) in [6.45, 7) is 0. The van der Waals surface area contributed by atoms with Crippen LogP contribution in [0.2, 0.25) is 0 Å².